The lowest BCUT2D eigenvalue weighted by atomic mass is 10.1. The van der Waals surface area contributed by atoms with Gasteiger partial charge in [0.05, 0.1) is 11.8 Å². The smallest absolute Gasteiger partial charge is 0.214 e. The average Bonchev–Trinajstić information content (AvgIpc) is 3.19. The summed E-state index contributed by atoms with van der Waals surface area (Å²) < 4.78 is 26.9. The van der Waals surface area contributed by atoms with Gasteiger partial charge in [-0.2, -0.15) is 4.31 Å². The molecule has 1 aliphatic rings. The number of thiazole rings is 1. The molecule has 118 valence electrons. The van der Waals surface area contributed by atoms with E-state index in [1.807, 2.05) is 35.7 Å². The van der Waals surface area contributed by atoms with Crippen LogP contribution in [0.4, 0.5) is 0 Å². The molecule has 0 spiro atoms. The summed E-state index contributed by atoms with van der Waals surface area (Å²) >= 11 is 1.54. The van der Waals surface area contributed by atoms with Gasteiger partial charge in [-0.05, 0) is 31.2 Å². The molecule has 1 fully saturated rings. The maximum absolute atomic E-state index is 12.6. The van der Waals surface area contributed by atoms with Crippen LogP contribution in [-0.2, 0) is 16.4 Å². The zero-order valence-electron chi connectivity index (χ0n) is 12.4. The maximum Gasteiger partial charge on any atom is 0.214 e. The van der Waals surface area contributed by atoms with Crippen LogP contribution in [0.2, 0.25) is 0 Å². The van der Waals surface area contributed by atoms with Gasteiger partial charge in [-0.3, -0.25) is 0 Å². The zero-order chi connectivity index (χ0) is 15.4. The minimum Gasteiger partial charge on any atom is -0.248 e. The summed E-state index contributed by atoms with van der Waals surface area (Å²) in [4.78, 5) is 4.30. The number of hydrogen-bond donors (Lipinski definition) is 0. The molecule has 6 heteroatoms. The predicted molar refractivity (Wildman–Crippen MR) is 89.3 cm³/mol. The van der Waals surface area contributed by atoms with Gasteiger partial charge >= 0.3 is 0 Å². The van der Waals surface area contributed by atoms with E-state index in [9.17, 15) is 8.42 Å². The quantitative estimate of drug-likeness (QED) is 0.814. The number of benzene rings is 1. The van der Waals surface area contributed by atoms with Gasteiger partial charge in [-0.15, -0.1) is 11.3 Å². The largest absolute Gasteiger partial charge is 0.248 e. The molecule has 2 heterocycles. The second kappa shape index (κ2) is 6.89. The minimum absolute atomic E-state index is 0.0540. The van der Waals surface area contributed by atoms with Crippen molar-refractivity contribution in [1.29, 1.82) is 0 Å². The second-order valence-corrected chi connectivity index (χ2v) is 8.51. The fourth-order valence-corrected chi connectivity index (χ4v) is 5.54. The van der Waals surface area contributed by atoms with Crippen molar-refractivity contribution < 1.29 is 8.42 Å². The Bertz CT molecular complexity index is 684. The van der Waals surface area contributed by atoms with E-state index in [2.05, 4.69) is 4.98 Å². The first-order chi connectivity index (χ1) is 10.7. The summed E-state index contributed by atoms with van der Waals surface area (Å²) in [6.07, 6.45) is 5.01. The van der Waals surface area contributed by atoms with E-state index in [0.717, 1.165) is 24.3 Å². The van der Waals surface area contributed by atoms with Crippen LogP contribution in [0.5, 0.6) is 0 Å². The van der Waals surface area contributed by atoms with Crippen LogP contribution < -0.4 is 0 Å². The second-order valence-electron chi connectivity index (χ2n) is 5.54. The standard InChI is InChI=1S/C16H20N2O2S2/c19-22(20,13-5-8-14-6-2-1-3-7-14)18-11-4-9-15(18)16-17-10-12-21-16/h1-3,6-7,10,12,15H,4-5,8-9,11,13H2. The van der Waals surface area contributed by atoms with Crippen LogP contribution in [0.1, 0.15) is 35.9 Å². The number of sulfonamides is 1. The Labute approximate surface area is 135 Å². The topological polar surface area (TPSA) is 50.3 Å². The molecule has 0 aliphatic carbocycles. The third-order valence-electron chi connectivity index (χ3n) is 4.01. The van der Waals surface area contributed by atoms with Gasteiger partial charge in [0.2, 0.25) is 10.0 Å². The fourth-order valence-electron chi connectivity index (χ4n) is 2.94. The number of aryl methyl sites for hydroxylation is 1. The van der Waals surface area contributed by atoms with Crippen molar-refractivity contribution in [1.82, 2.24) is 9.29 Å². The van der Waals surface area contributed by atoms with E-state index in [-0.39, 0.29) is 11.8 Å². The molecule has 0 bridgehead atoms. The van der Waals surface area contributed by atoms with E-state index in [0.29, 0.717) is 13.0 Å². The SMILES string of the molecule is O=S(=O)(CCCc1ccccc1)N1CCCC1c1nccs1. The summed E-state index contributed by atoms with van der Waals surface area (Å²) in [5.41, 5.74) is 1.19. The Kier molecular flexibility index (Phi) is 4.90. The monoisotopic (exact) mass is 336 g/mol. The first kappa shape index (κ1) is 15.6. The highest BCUT2D eigenvalue weighted by Crippen LogP contribution is 2.35. The van der Waals surface area contributed by atoms with Crippen molar-refractivity contribution >= 4 is 21.4 Å². The van der Waals surface area contributed by atoms with Gasteiger partial charge in [-0.25, -0.2) is 13.4 Å². The zero-order valence-corrected chi connectivity index (χ0v) is 14.0. The van der Waals surface area contributed by atoms with Crippen LogP contribution >= 0.6 is 11.3 Å². The molecule has 0 saturated carbocycles. The lowest BCUT2D eigenvalue weighted by molar-refractivity contribution is 0.395. The molecular formula is C16H20N2O2S2. The van der Waals surface area contributed by atoms with Crippen LogP contribution in [0, 0.1) is 0 Å². The van der Waals surface area contributed by atoms with Crippen molar-refractivity contribution in [2.24, 2.45) is 0 Å². The van der Waals surface area contributed by atoms with Crippen molar-refractivity contribution in [3.05, 3.63) is 52.5 Å². The van der Waals surface area contributed by atoms with Gasteiger partial charge in [0.15, 0.2) is 0 Å². The van der Waals surface area contributed by atoms with Crippen LogP contribution in [0.25, 0.3) is 0 Å². The van der Waals surface area contributed by atoms with Gasteiger partial charge in [-0.1, -0.05) is 30.3 Å². The van der Waals surface area contributed by atoms with Crippen molar-refractivity contribution in [3.8, 4) is 0 Å². The first-order valence-corrected chi connectivity index (χ1v) is 10.1. The molecular weight excluding hydrogens is 316 g/mol. The summed E-state index contributed by atoms with van der Waals surface area (Å²) in [5.74, 6) is 0.212. The first-order valence-electron chi connectivity index (χ1n) is 7.60. The molecule has 0 amide bonds. The highest BCUT2D eigenvalue weighted by molar-refractivity contribution is 7.89. The van der Waals surface area contributed by atoms with E-state index in [1.54, 1.807) is 21.8 Å². The molecule has 1 aromatic carbocycles. The van der Waals surface area contributed by atoms with E-state index in [4.69, 9.17) is 0 Å². The summed E-state index contributed by atoms with van der Waals surface area (Å²) in [5, 5.41) is 2.83. The van der Waals surface area contributed by atoms with Crippen molar-refractivity contribution in [2.45, 2.75) is 31.7 Å². The number of aromatic nitrogens is 1. The minimum atomic E-state index is -3.21. The van der Waals surface area contributed by atoms with E-state index in [1.165, 1.54) is 5.56 Å². The van der Waals surface area contributed by atoms with Crippen LogP contribution in [0.15, 0.2) is 41.9 Å². The summed E-state index contributed by atoms with van der Waals surface area (Å²) in [7, 11) is -3.21. The molecule has 1 unspecified atom stereocenters. The molecule has 3 rings (SSSR count). The average molecular weight is 336 g/mol. The third-order valence-corrected chi connectivity index (χ3v) is 6.84. The van der Waals surface area contributed by atoms with Crippen molar-refractivity contribution in [2.75, 3.05) is 12.3 Å². The Morgan fingerprint density at radius 1 is 1.27 bits per heavy atom. The van der Waals surface area contributed by atoms with E-state index >= 15 is 0 Å². The number of nitrogens with zero attached hydrogens (tertiary/aromatic N) is 2. The van der Waals surface area contributed by atoms with Gasteiger partial charge < -0.3 is 0 Å². The maximum atomic E-state index is 12.6. The normalized spacial score (nSPS) is 19.5. The molecule has 4 nitrogen and oxygen atoms in total. The predicted octanol–water partition coefficient (Wildman–Crippen LogP) is 3.24. The molecule has 0 radical (unpaired) electrons. The molecule has 22 heavy (non-hydrogen) atoms. The molecule has 1 aromatic heterocycles. The van der Waals surface area contributed by atoms with Crippen molar-refractivity contribution in [3.63, 3.8) is 0 Å². The Balaban J connectivity index is 1.62. The Hall–Kier alpha value is -1.24. The van der Waals surface area contributed by atoms with Gasteiger partial charge in [0, 0.05) is 18.1 Å². The highest BCUT2D eigenvalue weighted by Gasteiger charge is 2.35. The van der Waals surface area contributed by atoms with E-state index < -0.39 is 10.0 Å². The molecule has 1 aliphatic heterocycles. The van der Waals surface area contributed by atoms with Crippen LogP contribution in [0.3, 0.4) is 0 Å². The third kappa shape index (κ3) is 3.56. The number of hydrogen-bond acceptors (Lipinski definition) is 4. The molecule has 1 saturated heterocycles. The lowest BCUT2D eigenvalue weighted by Gasteiger charge is -2.22. The summed E-state index contributed by atoms with van der Waals surface area (Å²) in [6.45, 7) is 0.623. The Morgan fingerprint density at radius 3 is 2.82 bits per heavy atom. The lowest BCUT2D eigenvalue weighted by Crippen LogP contribution is -2.32. The molecule has 0 N–H and O–H groups in total. The highest BCUT2D eigenvalue weighted by atomic mass is 32.2. The van der Waals surface area contributed by atoms with Gasteiger partial charge in [0.1, 0.15) is 5.01 Å². The van der Waals surface area contributed by atoms with Gasteiger partial charge in [0.25, 0.3) is 0 Å². The summed E-state index contributed by atoms with van der Waals surface area (Å²) in [6, 6.07) is 9.98. The Morgan fingerprint density at radius 2 is 2.09 bits per heavy atom. The fraction of sp³-hybridized carbons (Fsp3) is 0.438. The van der Waals surface area contributed by atoms with Crippen LogP contribution in [-0.4, -0.2) is 30.0 Å². The molecule has 2 aromatic rings. The number of rotatable bonds is 6. The molecule has 1 atom stereocenters.